The molecule has 0 aromatic heterocycles. The van der Waals surface area contributed by atoms with E-state index in [2.05, 4.69) is 0 Å². The predicted molar refractivity (Wildman–Crippen MR) is 85.2 cm³/mol. The van der Waals surface area contributed by atoms with Crippen molar-refractivity contribution >= 4 is 23.9 Å². The second-order valence-corrected chi connectivity index (χ2v) is 6.32. The van der Waals surface area contributed by atoms with Crippen LogP contribution in [-0.4, -0.2) is 47.3 Å². The lowest BCUT2D eigenvalue weighted by Gasteiger charge is -2.34. The van der Waals surface area contributed by atoms with Crippen molar-refractivity contribution in [2.75, 3.05) is 13.7 Å². The zero-order valence-corrected chi connectivity index (χ0v) is 13.5. The van der Waals surface area contributed by atoms with E-state index in [0.717, 1.165) is 16.0 Å². The predicted octanol–water partition coefficient (Wildman–Crippen LogP) is 1.19. The van der Waals surface area contributed by atoms with E-state index in [0.29, 0.717) is 0 Å². The third-order valence-corrected chi connectivity index (χ3v) is 5.21. The Bertz CT molecular complexity index is 772. The molecule has 3 aliphatic rings. The molecule has 124 valence electrons. The fourth-order valence-electron chi connectivity index (χ4n) is 4.20. The summed E-state index contributed by atoms with van der Waals surface area (Å²) in [6.07, 6.45) is 3.73. The maximum Gasteiger partial charge on any atom is 0.329 e. The summed E-state index contributed by atoms with van der Waals surface area (Å²) < 4.78 is 5.19. The number of carbonyl (C=O) groups excluding carboxylic acids is 3. The number of nitrogens with zero attached hydrogens (tertiary/aromatic N) is 2. The first-order valence-electron chi connectivity index (χ1n) is 8.09. The number of carbonyl (C=O) groups is 3. The Labute approximate surface area is 139 Å². The topological polar surface area (TPSA) is 66.9 Å². The molecule has 0 bridgehead atoms. The molecule has 1 aromatic rings. The number of benzene rings is 1. The van der Waals surface area contributed by atoms with E-state index >= 15 is 0 Å². The zero-order chi connectivity index (χ0) is 17.0. The van der Waals surface area contributed by atoms with Gasteiger partial charge in [0.2, 0.25) is 11.8 Å². The molecule has 3 heterocycles. The standard InChI is InChI=1S/C18H18N2O4/c1-3-24-18(23)15-13-12(16(21)19(2)17(13)22)14-11-7-5-4-6-10(11)8-9-20(14)15/h4-9,12-15H,3H2,1-2H3/t12-,13+,14+,15-/m1/s1. The molecule has 6 heteroatoms. The molecule has 0 radical (unpaired) electrons. The minimum atomic E-state index is -0.758. The van der Waals surface area contributed by atoms with E-state index in [9.17, 15) is 14.4 Å². The van der Waals surface area contributed by atoms with Crippen molar-refractivity contribution in [3.63, 3.8) is 0 Å². The highest BCUT2D eigenvalue weighted by Gasteiger charge is 2.64. The van der Waals surface area contributed by atoms with Crippen molar-refractivity contribution in [3.8, 4) is 0 Å². The number of likely N-dealkylation sites (tertiary alicyclic amines) is 1. The molecular formula is C18H18N2O4. The molecule has 2 fully saturated rings. The molecule has 0 N–H and O–H groups in total. The molecule has 0 saturated carbocycles. The molecule has 24 heavy (non-hydrogen) atoms. The number of imide groups is 1. The van der Waals surface area contributed by atoms with Gasteiger partial charge in [-0.1, -0.05) is 24.3 Å². The normalized spacial score (nSPS) is 30.2. The van der Waals surface area contributed by atoms with Gasteiger partial charge in [0.15, 0.2) is 0 Å². The van der Waals surface area contributed by atoms with E-state index in [1.807, 2.05) is 41.4 Å². The Morgan fingerprint density at radius 1 is 1.17 bits per heavy atom. The quantitative estimate of drug-likeness (QED) is 0.603. The van der Waals surface area contributed by atoms with Crippen LogP contribution >= 0.6 is 0 Å². The van der Waals surface area contributed by atoms with Crippen LogP contribution in [0, 0.1) is 11.8 Å². The van der Waals surface area contributed by atoms with Crippen LogP contribution in [-0.2, 0) is 19.1 Å². The number of ether oxygens (including phenoxy) is 1. The highest BCUT2D eigenvalue weighted by molar-refractivity contribution is 6.08. The van der Waals surface area contributed by atoms with Crippen molar-refractivity contribution in [2.24, 2.45) is 11.8 Å². The summed E-state index contributed by atoms with van der Waals surface area (Å²) in [5.74, 6) is -2.22. The Hall–Kier alpha value is -2.63. The summed E-state index contributed by atoms with van der Waals surface area (Å²) >= 11 is 0. The van der Waals surface area contributed by atoms with E-state index < -0.39 is 23.8 Å². The molecule has 4 rings (SSSR count). The minimum absolute atomic E-state index is 0.225. The van der Waals surface area contributed by atoms with Crippen LogP contribution in [0.3, 0.4) is 0 Å². The summed E-state index contributed by atoms with van der Waals surface area (Å²) in [4.78, 5) is 40.8. The van der Waals surface area contributed by atoms with Crippen LogP contribution in [0.5, 0.6) is 0 Å². The fraction of sp³-hybridized carbons (Fsp3) is 0.389. The summed E-state index contributed by atoms with van der Waals surface area (Å²) in [5, 5.41) is 0. The number of esters is 1. The fourth-order valence-corrected chi connectivity index (χ4v) is 4.20. The summed E-state index contributed by atoms with van der Waals surface area (Å²) in [6, 6.07) is 6.70. The van der Waals surface area contributed by atoms with E-state index in [1.165, 1.54) is 7.05 Å². The van der Waals surface area contributed by atoms with Crippen molar-refractivity contribution in [1.29, 1.82) is 0 Å². The molecule has 1 aromatic carbocycles. The summed E-state index contributed by atoms with van der Waals surface area (Å²) in [6.45, 7) is 1.97. The second-order valence-electron chi connectivity index (χ2n) is 6.32. The van der Waals surface area contributed by atoms with E-state index in [-0.39, 0.29) is 24.5 Å². The van der Waals surface area contributed by atoms with Crippen LogP contribution in [0.25, 0.3) is 6.08 Å². The van der Waals surface area contributed by atoms with Gasteiger partial charge in [0, 0.05) is 13.2 Å². The van der Waals surface area contributed by atoms with Crippen LogP contribution < -0.4 is 0 Å². The maximum atomic E-state index is 12.7. The number of amides is 2. The number of hydrogen-bond donors (Lipinski definition) is 0. The lowest BCUT2D eigenvalue weighted by molar-refractivity contribution is -0.152. The van der Waals surface area contributed by atoms with Crippen molar-refractivity contribution < 1.29 is 19.1 Å². The monoisotopic (exact) mass is 326 g/mol. The third kappa shape index (κ3) is 1.79. The lowest BCUT2D eigenvalue weighted by Crippen LogP contribution is -2.44. The van der Waals surface area contributed by atoms with Crippen molar-refractivity contribution in [3.05, 3.63) is 41.6 Å². The van der Waals surface area contributed by atoms with Gasteiger partial charge in [0.1, 0.15) is 6.04 Å². The van der Waals surface area contributed by atoms with Crippen LogP contribution in [0.15, 0.2) is 30.5 Å². The molecule has 0 unspecified atom stereocenters. The number of hydrogen-bond acceptors (Lipinski definition) is 5. The third-order valence-electron chi connectivity index (χ3n) is 5.21. The van der Waals surface area contributed by atoms with Gasteiger partial charge in [-0.05, 0) is 24.1 Å². The largest absolute Gasteiger partial charge is 0.464 e. The Morgan fingerprint density at radius 2 is 1.88 bits per heavy atom. The molecule has 2 saturated heterocycles. The summed E-state index contributed by atoms with van der Waals surface area (Å²) in [5.41, 5.74) is 1.98. The highest BCUT2D eigenvalue weighted by Crippen LogP contribution is 2.52. The number of rotatable bonds is 2. The van der Waals surface area contributed by atoms with E-state index in [1.54, 1.807) is 6.92 Å². The van der Waals surface area contributed by atoms with Crippen LogP contribution in [0.1, 0.15) is 24.1 Å². The first-order valence-corrected chi connectivity index (χ1v) is 8.09. The summed E-state index contributed by atoms with van der Waals surface area (Å²) in [7, 11) is 1.49. The molecule has 6 nitrogen and oxygen atoms in total. The van der Waals surface area contributed by atoms with Gasteiger partial charge >= 0.3 is 5.97 Å². The Morgan fingerprint density at radius 3 is 2.62 bits per heavy atom. The molecule has 4 atom stereocenters. The van der Waals surface area contributed by atoms with Crippen LogP contribution in [0.2, 0.25) is 0 Å². The van der Waals surface area contributed by atoms with Gasteiger partial charge in [-0.15, -0.1) is 0 Å². The molecule has 3 aliphatic heterocycles. The van der Waals surface area contributed by atoms with Crippen molar-refractivity contribution in [2.45, 2.75) is 19.0 Å². The highest BCUT2D eigenvalue weighted by atomic mass is 16.5. The SMILES string of the molecule is CCOC(=O)[C@H]1[C@H]2C(=O)N(C)C(=O)[C@H]2[C@@H]2c3ccccc3C=CN12. The van der Waals surface area contributed by atoms with E-state index in [4.69, 9.17) is 4.74 Å². The first-order chi connectivity index (χ1) is 11.6. The number of fused-ring (bicyclic) bond motifs is 5. The second kappa shape index (κ2) is 5.19. The van der Waals surface area contributed by atoms with Gasteiger partial charge in [-0.2, -0.15) is 0 Å². The average Bonchev–Trinajstić information content (AvgIpc) is 3.04. The molecule has 0 spiro atoms. The minimum Gasteiger partial charge on any atom is -0.464 e. The van der Waals surface area contributed by atoms with Crippen molar-refractivity contribution in [1.82, 2.24) is 9.80 Å². The molecular weight excluding hydrogens is 308 g/mol. The van der Waals surface area contributed by atoms with Gasteiger partial charge in [-0.25, -0.2) is 4.79 Å². The van der Waals surface area contributed by atoms with Crippen LogP contribution in [0.4, 0.5) is 0 Å². The first kappa shape index (κ1) is 14.9. The zero-order valence-electron chi connectivity index (χ0n) is 13.5. The smallest absolute Gasteiger partial charge is 0.329 e. The Kier molecular flexibility index (Phi) is 3.23. The maximum absolute atomic E-state index is 12.7. The molecule has 0 aliphatic carbocycles. The van der Waals surface area contributed by atoms with Gasteiger partial charge < -0.3 is 9.64 Å². The van der Waals surface area contributed by atoms with Gasteiger partial charge in [-0.3, -0.25) is 14.5 Å². The van der Waals surface area contributed by atoms with Gasteiger partial charge in [0.05, 0.1) is 24.5 Å². The van der Waals surface area contributed by atoms with Gasteiger partial charge in [0.25, 0.3) is 0 Å². The average molecular weight is 326 g/mol. The lowest BCUT2D eigenvalue weighted by atomic mass is 9.84. The Balaban J connectivity index is 1.86. The molecule has 2 amide bonds.